The van der Waals surface area contributed by atoms with Crippen LogP contribution in [0.25, 0.3) is 0 Å². The van der Waals surface area contributed by atoms with Crippen LogP contribution in [0.5, 0.6) is 5.88 Å². The molecule has 0 bridgehead atoms. The number of pyridine rings is 1. The lowest BCUT2D eigenvalue weighted by molar-refractivity contribution is -0.0172. The highest BCUT2D eigenvalue weighted by molar-refractivity contribution is 5.38. The van der Waals surface area contributed by atoms with Gasteiger partial charge in [0.25, 0.3) is 5.88 Å². The average molecular weight is 261 g/mol. The van der Waals surface area contributed by atoms with Gasteiger partial charge in [-0.05, 0) is 20.8 Å². The van der Waals surface area contributed by atoms with E-state index in [0.29, 0.717) is 6.07 Å². The van der Waals surface area contributed by atoms with E-state index in [9.17, 15) is 8.78 Å². The topological polar surface area (TPSA) is 69.4 Å². The van der Waals surface area contributed by atoms with Crippen molar-refractivity contribution in [1.82, 2.24) is 4.98 Å². The van der Waals surface area contributed by atoms with Crippen molar-refractivity contribution in [3.63, 3.8) is 0 Å². The van der Waals surface area contributed by atoms with Gasteiger partial charge in [-0.15, -0.1) is 0 Å². The summed E-state index contributed by atoms with van der Waals surface area (Å²) < 4.78 is 36.8. The molecule has 0 radical (unpaired) electrons. The molecule has 0 atom stereocenters. The molecule has 0 saturated heterocycles. The van der Waals surface area contributed by atoms with Crippen molar-refractivity contribution in [1.29, 1.82) is 0 Å². The molecule has 1 heterocycles. The van der Waals surface area contributed by atoms with E-state index in [1.165, 1.54) is 0 Å². The third-order valence-electron chi connectivity index (χ3n) is 1.89. The number of hydrogen-bond donors (Lipinski definition) is 2. The Bertz CT molecular complexity index is 408. The molecule has 5 nitrogen and oxygen atoms in total. The Balaban J connectivity index is 2.57. The van der Waals surface area contributed by atoms with Crippen LogP contribution in [-0.2, 0) is 4.74 Å². The molecule has 0 saturated carbocycles. The molecule has 0 amide bonds. The first kappa shape index (κ1) is 14.6. The van der Waals surface area contributed by atoms with E-state index in [2.05, 4.69) is 4.98 Å². The monoisotopic (exact) mass is 261 g/mol. The number of rotatable bonds is 5. The second-order valence-corrected chi connectivity index (χ2v) is 4.56. The lowest BCUT2D eigenvalue weighted by Crippen LogP contribution is -2.23. The zero-order valence-corrected chi connectivity index (χ0v) is 10.6. The summed E-state index contributed by atoms with van der Waals surface area (Å²) >= 11 is 0. The van der Waals surface area contributed by atoms with Crippen LogP contribution in [0.1, 0.15) is 20.8 Å². The van der Waals surface area contributed by atoms with Gasteiger partial charge in [-0.25, -0.2) is 14.6 Å². The van der Waals surface area contributed by atoms with Crippen molar-refractivity contribution < 1.29 is 18.3 Å². The van der Waals surface area contributed by atoms with Crippen LogP contribution >= 0.6 is 0 Å². The molecular formula is C11H17F2N3O2. The summed E-state index contributed by atoms with van der Waals surface area (Å²) in [5.74, 6) is 2.67. The van der Waals surface area contributed by atoms with E-state index in [4.69, 9.17) is 15.3 Å². The molecular weight excluding hydrogens is 244 g/mol. The summed E-state index contributed by atoms with van der Waals surface area (Å²) in [4.78, 5) is 3.56. The van der Waals surface area contributed by atoms with Gasteiger partial charge >= 0.3 is 0 Å². The van der Waals surface area contributed by atoms with Crippen LogP contribution in [0, 0.1) is 11.6 Å². The number of ether oxygens (including phenoxy) is 2. The van der Waals surface area contributed by atoms with Gasteiger partial charge in [-0.3, -0.25) is 0 Å². The van der Waals surface area contributed by atoms with Crippen LogP contribution in [0.15, 0.2) is 6.07 Å². The summed E-state index contributed by atoms with van der Waals surface area (Å²) in [6.07, 6.45) is 0. The Kier molecular flexibility index (Phi) is 4.80. The van der Waals surface area contributed by atoms with Crippen LogP contribution < -0.4 is 16.0 Å². The normalized spacial score (nSPS) is 11.4. The Morgan fingerprint density at radius 1 is 1.28 bits per heavy atom. The quantitative estimate of drug-likeness (QED) is 0.481. The lowest BCUT2D eigenvalue weighted by Gasteiger charge is -2.19. The van der Waals surface area contributed by atoms with Gasteiger partial charge in [0.15, 0.2) is 17.5 Å². The molecule has 0 aromatic carbocycles. The minimum Gasteiger partial charge on any atom is -0.473 e. The first-order valence-corrected chi connectivity index (χ1v) is 5.43. The van der Waals surface area contributed by atoms with E-state index < -0.39 is 11.6 Å². The zero-order valence-electron chi connectivity index (χ0n) is 10.6. The minimum atomic E-state index is -0.887. The largest absolute Gasteiger partial charge is 0.473 e. The van der Waals surface area contributed by atoms with Crippen molar-refractivity contribution in [2.24, 2.45) is 5.84 Å². The summed E-state index contributed by atoms with van der Waals surface area (Å²) in [7, 11) is 0. The molecule has 1 aromatic rings. The second-order valence-electron chi connectivity index (χ2n) is 4.56. The predicted molar refractivity (Wildman–Crippen MR) is 63.2 cm³/mol. The zero-order chi connectivity index (χ0) is 13.8. The fourth-order valence-corrected chi connectivity index (χ4v) is 1.14. The predicted octanol–water partition coefficient (Wildman–Crippen LogP) is 1.84. The summed E-state index contributed by atoms with van der Waals surface area (Å²) in [6.45, 7) is 6.05. The van der Waals surface area contributed by atoms with E-state index in [1.807, 2.05) is 26.2 Å². The van der Waals surface area contributed by atoms with E-state index in [0.717, 1.165) is 0 Å². The van der Waals surface area contributed by atoms with Gasteiger partial charge in [-0.1, -0.05) is 0 Å². The summed E-state index contributed by atoms with van der Waals surface area (Å²) in [5, 5.41) is 0. The number of hydrogen-bond acceptors (Lipinski definition) is 5. The minimum absolute atomic E-state index is 0.108. The van der Waals surface area contributed by atoms with E-state index >= 15 is 0 Å². The maximum Gasteiger partial charge on any atom is 0.252 e. The van der Waals surface area contributed by atoms with Gasteiger partial charge in [0.2, 0.25) is 0 Å². The first-order chi connectivity index (χ1) is 8.33. The highest BCUT2D eigenvalue weighted by Gasteiger charge is 2.13. The lowest BCUT2D eigenvalue weighted by atomic mass is 10.2. The van der Waals surface area contributed by atoms with Gasteiger partial charge in [0.1, 0.15) is 6.61 Å². The van der Waals surface area contributed by atoms with E-state index in [-0.39, 0.29) is 30.5 Å². The number of nitrogens with one attached hydrogen (secondary N) is 1. The molecule has 0 fully saturated rings. The molecule has 1 aromatic heterocycles. The third-order valence-corrected chi connectivity index (χ3v) is 1.89. The maximum atomic E-state index is 13.3. The molecule has 1 rings (SSSR count). The van der Waals surface area contributed by atoms with Crippen molar-refractivity contribution in [3.05, 3.63) is 17.7 Å². The molecule has 0 aliphatic carbocycles. The highest BCUT2D eigenvalue weighted by atomic mass is 19.1. The highest BCUT2D eigenvalue weighted by Crippen LogP contribution is 2.20. The maximum absolute atomic E-state index is 13.3. The molecule has 0 unspecified atom stereocenters. The fraction of sp³-hybridized carbons (Fsp3) is 0.545. The Hall–Kier alpha value is -1.47. The van der Waals surface area contributed by atoms with Crippen LogP contribution in [0.4, 0.5) is 14.6 Å². The number of halogens is 2. The van der Waals surface area contributed by atoms with Crippen molar-refractivity contribution in [2.75, 3.05) is 18.6 Å². The van der Waals surface area contributed by atoms with Gasteiger partial charge < -0.3 is 14.9 Å². The van der Waals surface area contributed by atoms with Crippen LogP contribution in [-0.4, -0.2) is 23.8 Å². The molecule has 0 aliphatic rings. The van der Waals surface area contributed by atoms with Crippen molar-refractivity contribution in [2.45, 2.75) is 26.4 Å². The number of anilines is 1. The number of nitrogens with zero attached hydrogens (tertiary/aromatic N) is 1. The number of hydrazine groups is 1. The average Bonchev–Trinajstić information content (AvgIpc) is 2.25. The van der Waals surface area contributed by atoms with Crippen LogP contribution in [0.3, 0.4) is 0 Å². The Labute approximate surface area is 104 Å². The SMILES string of the molecule is CC(C)(C)OCCOc1nc(NN)c(F)cc1F. The number of nitrogen functional groups attached to an aromatic ring is 1. The molecule has 0 aliphatic heterocycles. The Morgan fingerprint density at radius 3 is 2.50 bits per heavy atom. The molecule has 3 N–H and O–H groups in total. The van der Waals surface area contributed by atoms with Gasteiger partial charge in [0, 0.05) is 6.07 Å². The van der Waals surface area contributed by atoms with Crippen molar-refractivity contribution in [3.8, 4) is 5.88 Å². The number of aromatic nitrogens is 1. The Morgan fingerprint density at radius 2 is 1.94 bits per heavy atom. The van der Waals surface area contributed by atoms with E-state index in [1.54, 1.807) is 0 Å². The fourth-order valence-electron chi connectivity index (χ4n) is 1.14. The molecule has 7 heteroatoms. The third kappa shape index (κ3) is 4.42. The van der Waals surface area contributed by atoms with Crippen LogP contribution in [0.2, 0.25) is 0 Å². The van der Waals surface area contributed by atoms with Gasteiger partial charge in [-0.2, -0.15) is 4.98 Å². The molecule has 18 heavy (non-hydrogen) atoms. The summed E-state index contributed by atoms with van der Waals surface area (Å²) in [5.41, 5.74) is 1.71. The second kappa shape index (κ2) is 5.92. The summed E-state index contributed by atoms with van der Waals surface area (Å²) in [6, 6.07) is 0.655. The molecule has 0 spiro atoms. The van der Waals surface area contributed by atoms with Crippen molar-refractivity contribution >= 4 is 5.82 Å². The van der Waals surface area contributed by atoms with Gasteiger partial charge in [0.05, 0.1) is 12.2 Å². The number of nitrogens with two attached hydrogens (primary N) is 1. The first-order valence-electron chi connectivity index (χ1n) is 5.43. The standard InChI is InChI=1S/C11H17F2N3O2/c1-11(2,3)18-5-4-17-10-8(13)6-7(12)9(15-10)16-14/h6H,4-5,14H2,1-3H3,(H,15,16). The smallest absolute Gasteiger partial charge is 0.252 e. The molecule has 102 valence electrons.